The highest BCUT2D eigenvalue weighted by Gasteiger charge is 2.49. The summed E-state index contributed by atoms with van der Waals surface area (Å²) in [6.45, 7) is 1.94. The van der Waals surface area contributed by atoms with Crippen LogP contribution in [0.3, 0.4) is 0 Å². The van der Waals surface area contributed by atoms with Crippen molar-refractivity contribution in [2.75, 3.05) is 12.0 Å². The number of carbonyl (C=O) groups excluding carboxylic acids is 2. The van der Waals surface area contributed by atoms with Crippen molar-refractivity contribution in [3.8, 4) is 5.75 Å². The summed E-state index contributed by atoms with van der Waals surface area (Å²) in [7, 11) is 1.51. The van der Waals surface area contributed by atoms with Crippen LogP contribution in [-0.4, -0.2) is 28.9 Å². The maximum Gasteiger partial charge on any atom is 0.301 e. The van der Waals surface area contributed by atoms with Crippen LogP contribution in [0.1, 0.15) is 22.7 Å². The first-order valence-electron chi connectivity index (χ1n) is 10.5. The third kappa shape index (κ3) is 3.52. The number of hydrogen-bond acceptors (Lipinski definition) is 6. The van der Waals surface area contributed by atoms with Crippen molar-refractivity contribution in [1.82, 2.24) is 4.98 Å². The monoisotopic (exact) mass is 474 g/mol. The number of Topliss-reactive ketones (excluding diaryl/α,β-unsaturated/α-hetero) is 1. The number of rotatable bonds is 4. The number of fused-ring (bicyclic) bond motifs is 1. The summed E-state index contributed by atoms with van der Waals surface area (Å²) < 4.78 is 21.0. The fraction of sp³-hybridized carbons (Fsp3) is 0.115. The number of anilines is 1. The lowest BCUT2D eigenvalue weighted by atomic mass is 9.95. The fourth-order valence-corrected chi connectivity index (χ4v) is 5.14. The molecule has 1 N–H and O–H groups in total. The van der Waals surface area contributed by atoms with Gasteiger partial charge in [-0.05, 0) is 55.0 Å². The average Bonchev–Trinajstić information content (AvgIpc) is 3.36. The molecular weight excluding hydrogens is 455 g/mol. The van der Waals surface area contributed by atoms with Gasteiger partial charge < -0.3 is 9.84 Å². The minimum absolute atomic E-state index is 0.0900. The van der Waals surface area contributed by atoms with Gasteiger partial charge >= 0.3 is 5.91 Å². The number of hydrogen-bond donors (Lipinski definition) is 1. The van der Waals surface area contributed by atoms with Gasteiger partial charge in [0.05, 0.1) is 22.9 Å². The molecule has 6 nitrogen and oxygen atoms in total. The number of ketones is 1. The van der Waals surface area contributed by atoms with E-state index in [4.69, 9.17) is 4.74 Å². The van der Waals surface area contributed by atoms with Crippen LogP contribution in [0.2, 0.25) is 0 Å². The summed E-state index contributed by atoms with van der Waals surface area (Å²) in [5.74, 6) is -2.21. The van der Waals surface area contributed by atoms with Crippen molar-refractivity contribution in [3.63, 3.8) is 0 Å². The van der Waals surface area contributed by atoms with Crippen molar-refractivity contribution in [2.24, 2.45) is 0 Å². The van der Waals surface area contributed by atoms with Gasteiger partial charge in [-0.1, -0.05) is 35.6 Å². The zero-order valence-corrected chi connectivity index (χ0v) is 19.1. The number of halogens is 1. The van der Waals surface area contributed by atoms with Gasteiger partial charge in [-0.15, -0.1) is 0 Å². The Hall–Kier alpha value is -4.04. The van der Waals surface area contributed by atoms with Crippen LogP contribution in [0.15, 0.2) is 72.3 Å². The molecule has 0 spiro atoms. The number of aliphatic hydroxyl groups is 1. The van der Waals surface area contributed by atoms with Crippen molar-refractivity contribution in [3.05, 3.63) is 94.8 Å². The highest BCUT2D eigenvalue weighted by molar-refractivity contribution is 7.22. The quantitative estimate of drug-likeness (QED) is 0.244. The van der Waals surface area contributed by atoms with E-state index in [9.17, 15) is 19.1 Å². The lowest BCUT2D eigenvalue weighted by Crippen LogP contribution is -2.29. The van der Waals surface area contributed by atoms with Crippen molar-refractivity contribution in [1.29, 1.82) is 0 Å². The third-order valence-corrected chi connectivity index (χ3v) is 6.76. The molecule has 1 aliphatic heterocycles. The fourth-order valence-electron chi connectivity index (χ4n) is 4.05. The van der Waals surface area contributed by atoms with E-state index in [1.54, 1.807) is 30.3 Å². The summed E-state index contributed by atoms with van der Waals surface area (Å²) >= 11 is 1.23. The number of benzene rings is 3. The molecule has 3 aromatic carbocycles. The lowest BCUT2D eigenvalue weighted by molar-refractivity contribution is -0.132. The molecule has 1 saturated heterocycles. The number of aryl methyl sites for hydroxylation is 1. The molecule has 0 radical (unpaired) electrons. The molecule has 0 aliphatic carbocycles. The molecule has 1 unspecified atom stereocenters. The Balaban J connectivity index is 1.73. The molecule has 1 aliphatic rings. The molecule has 34 heavy (non-hydrogen) atoms. The number of methoxy groups -OCH3 is 1. The molecule has 1 fully saturated rings. The van der Waals surface area contributed by atoms with Crippen LogP contribution in [0.25, 0.3) is 16.0 Å². The predicted octanol–water partition coefficient (Wildman–Crippen LogP) is 5.38. The molecule has 1 atom stereocenters. The van der Waals surface area contributed by atoms with Gasteiger partial charge in [-0.3, -0.25) is 14.5 Å². The zero-order valence-electron chi connectivity index (χ0n) is 18.3. The first kappa shape index (κ1) is 21.8. The van der Waals surface area contributed by atoms with Crippen LogP contribution in [-0.2, 0) is 9.59 Å². The highest BCUT2D eigenvalue weighted by Crippen LogP contribution is 2.45. The van der Waals surface area contributed by atoms with Crippen LogP contribution in [0.5, 0.6) is 5.75 Å². The Labute approximate surface area is 198 Å². The number of nitrogens with zero attached hydrogens (tertiary/aromatic N) is 2. The summed E-state index contributed by atoms with van der Waals surface area (Å²) in [6, 6.07) is 16.8. The average molecular weight is 475 g/mol. The van der Waals surface area contributed by atoms with Crippen molar-refractivity contribution >= 4 is 44.1 Å². The summed E-state index contributed by atoms with van der Waals surface area (Å²) in [6.07, 6.45) is 0. The van der Waals surface area contributed by atoms with Gasteiger partial charge in [-0.25, -0.2) is 9.37 Å². The second-order valence-corrected chi connectivity index (χ2v) is 8.90. The summed E-state index contributed by atoms with van der Waals surface area (Å²) in [5.41, 5.74) is 1.88. The van der Waals surface area contributed by atoms with Gasteiger partial charge in [0.15, 0.2) is 5.13 Å². The topological polar surface area (TPSA) is 79.7 Å². The van der Waals surface area contributed by atoms with Crippen molar-refractivity contribution in [2.45, 2.75) is 13.0 Å². The standard InChI is InChI=1S/C26H19FN2O4S/c1-14-7-12-19-20(13-14)34-26(28-19)29-22(17-5-3-4-6-18(17)27)21(24(31)25(29)32)23(30)15-8-10-16(33-2)11-9-15/h3-13,22,30H,1-2H3/b23-21+. The first-order chi connectivity index (χ1) is 16.4. The lowest BCUT2D eigenvalue weighted by Gasteiger charge is -2.23. The Morgan fingerprint density at radius 2 is 1.82 bits per heavy atom. The van der Waals surface area contributed by atoms with Gasteiger partial charge in [0, 0.05) is 11.1 Å². The molecule has 0 bridgehead atoms. The van der Waals surface area contributed by atoms with Crippen LogP contribution < -0.4 is 9.64 Å². The molecule has 1 aromatic heterocycles. The van der Waals surface area contributed by atoms with Gasteiger partial charge in [0.1, 0.15) is 23.4 Å². The molecule has 1 amide bonds. The van der Waals surface area contributed by atoms with Gasteiger partial charge in [-0.2, -0.15) is 0 Å². The maximum atomic E-state index is 15.0. The molecule has 0 saturated carbocycles. The summed E-state index contributed by atoms with van der Waals surface area (Å²) in [5, 5.41) is 11.4. The largest absolute Gasteiger partial charge is 0.507 e. The number of thiazole rings is 1. The Kier molecular flexibility index (Phi) is 5.37. The number of aromatic nitrogens is 1. The van der Waals surface area contributed by atoms with E-state index in [0.717, 1.165) is 10.3 Å². The number of aliphatic hydroxyl groups excluding tert-OH is 1. The normalized spacial score (nSPS) is 17.5. The number of ether oxygens (including phenoxy) is 1. The van der Waals surface area contributed by atoms with E-state index in [1.807, 2.05) is 25.1 Å². The molecule has 8 heteroatoms. The Morgan fingerprint density at radius 3 is 2.53 bits per heavy atom. The minimum atomic E-state index is -1.18. The second kappa shape index (κ2) is 8.39. The molecular formula is C26H19FN2O4S. The second-order valence-electron chi connectivity index (χ2n) is 7.89. The Morgan fingerprint density at radius 1 is 1.09 bits per heavy atom. The van der Waals surface area contributed by atoms with Crippen molar-refractivity contribution < 1.29 is 23.8 Å². The molecule has 2 heterocycles. The van der Waals surface area contributed by atoms with E-state index in [0.29, 0.717) is 16.8 Å². The SMILES string of the molecule is COc1ccc(/C(O)=C2\C(=O)C(=O)N(c3nc4ccc(C)cc4s3)C2c2ccccc2F)cc1. The van der Waals surface area contributed by atoms with Crippen LogP contribution >= 0.6 is 11.3 Å². The number of amides is 1. The van der Waals surface area contributed by atoms with Crippen LogP contribution in [0, 0.1) is 12.7 Å². The van der Waals surface area contributed by atoms with E-state index >= 15 is 0 Å². The molecule has 5 rings (SSSR count). The van der Waals surface area contributed by atoms with E-state index < -0.39 is 29.3 Å². The van der Waals surface area contributed by atoms with Gasteiger partial charge in [0.2, 0.25) is 0 Å². The van der Waals surface area contributed by atoms with E-state index in [-0.39, 0.29) is 16.3 Å². The third-order valence-electron chi connectivity index (χ3n) is 5.75. The smallest absolute Gasteiger partial charge is 0.301 e. The van der Waals surface area contributed by atoms with Gasteiger partial charge in [0.25, 0.3) is 5.78 Å². The molecule has 170 valence electrons. The van der Waals surface area contributed by atoms with E-state index in [2.05, 4.69) is 4.98 Å². The minimum Gasteiger partial charge on any atom is -0.507 e. The molecule has 4 aromatic rings. The maximum absolute atomic E-state index is 15.0. The highest BCUT2D eigenvalue weighted by atomic mass is 32.1. The predicted molar refractivity (Wildman–Crippen MR) is 129 cm³/mol. The number of carbonyl (C=O) groups is 2. The zero-order chi connectivity index (χ0) is 24.0. The Bertz CT molecular complexity index is 1480. The first-order valence-corrected chi connectivity index (χ1v) is 11.3. The van der Waals surface area contributed by atoms with E-state index in [1.165, 1.54) is 41.5 Å². The van der Waals surface area contributed by atoms with Crippen LogP contribution in [0.4, 0.5) is 9.52 Å². The summed E-state index contributed by atoms with van der Waals surface area (Å²) in [4.78, 5) is 32.2.